The van der Waals surface area contributed by atoms with Gasteiger partial charge in [-0.25, -0.2) is 14.2 Å². The maximum Gasteiger partial charge on any atom is 0.338 e. The number of fused-ring (bicyclic) bond motifs is 1. The van der Waals surface area contributed by atoms with Crippen molar-refractivity contribution >= 4 is 35.0 Å². The highest BCUT2D eigenvalue weighted by molar-refractivity contribution is 7.07. The van der Waals surface area contributed by atoms with Crippen LogP contribution in [0.15, 0.2) is 82.2 Å². The quantitative estimate of drug-likeness (QED) is 0.423. The lowest BCUT2D eigenvalue weighted by Crippen LogP contribution is -2.39. The van der Waals surface area contributed by atoms with E-state index in [1.54, 1.807) is 13.0 Å². The van der Waals surface area contributed by atoms with Gasteiger partial charge in [-0.2, -0.15) is 0 Å². The number of aromatic nitrogens is 1. The lowest BCUT2D eigenvalue weighted by molar-refractivity contribution is -0.138. The lowest BCUT2D eigenvalue weighted by atomic mass is 9.96. The number of carbonyl (C=O) groups is 1. The van der Waals surface area contributed by atoms with Gasteiger partial charge in [0.2, 0.25) is 0 Å². The van der Waals surface area contributed by atoms with Gasteiger partial charge in [-0.3, -0.25) is 9.36 Å². The van der Waals surface area contributed by atoms with Crippen LogP contribution in [0.3, 0.4) is 0 Å². The third-order valence-corrected chi connectivity index (χ3v) is 6.28. The summed E-state index contributed by atoms with van der Waals surface area (Å²) in [4.78, 5) is 31.2. The smallest absolute Gasteiger partial charge is 0.338 e. The number of carbonyl (C=O) groups excluding carboxylic acids is 1. The molecule has 0 amide bonds. The van der Waals surface area contributed by atoms with Crippen molar-refractivity contribution in [3.8, 4) is 0 Å². The average molecular weight is 469 g/mol. The summed E-state index contributed by atoms with van der Waals surface area (Å²) in [6, 6.07) is 12.7. The van der Waals surface area contributed by atoms with Crippen molar-refractivity contribution in [1.29, 1.82) is 0 Å². The minimum absolute atomic E-state index is 0.0350. The molecule has 5 nitrogen and oxygen atoms in total. The molecule has 0 aliphatic carbocycles. The summed E-state index contributed by atoms with van der Waals surface area (Å²) < 4.78 is 21.3. The number of halogens is 2. The minimum Gasteiger partial charge on any atom is -0.458 e. The molecule has 0 fully saturated rings. The molecule has 1 atom stereocenters. The maximum atomic E-state index is 14.3. The van der Waals surface area contributed by atoms with Crippen LogP contribution in [-0.2, 0) is 9.53 Å². The van der Waals surface area contributed by atoms with E-state index < -0.39 is 23.4 Å². The number of benzene rings is 2. The molecule has 0 spiro atoms. The molecule has 8 heteroatoms. The van der Waals surface area contributed by atoms with E-state index in [2.05, 4.69) is 11.6 Å². The molecule has 32 heavy (non-hydrogen) atoms. The molecule has 0 bridgehead atoms. The second-order valence-electron chi connectivity index (χ2n) is 7.01. The fraction of sp³-hybridized carbons (Fsp3) is 0.125. The molecule has 3 aromatic rings. The summed E-state index contributed by atoms with van der Waals surface area (Å²) in [6.07, 6.45) is 2.89. The molecule has 0 unspecified atom stereocenters. The third kappa shape index (κ3) is 3.97. The topological polar surface area (TPSA) is 60.7 Å². The van der Waals surface area contributed by atoms with Crippen LogP contribution in [0.5, 0.6) is 0 Å². The van der Waals surface area contributed by atoms with Crippen LogP contribution < -0.4 is 14.9 Å². The van der Waals surface area contributed by atoms with Crippen LogP contribution in [0.4, 0.5) is 4.39 Å². The van der Waals surface area contributed by atoms with E-state index >= 15 is 0 Å². The van der Waals surface area contributed by atoms with Crippen LogP contribution in [0, 0.1) is 5.82 Å². The highest BCUT2D eigenvalue weighted by Crippen LogP contribution is 2.30. The van der Waals surface area contributed by atoms with Gasteiger partial charge in [0.25, 0.3) is 5.56 Å². The lowest BCUT2D eigenvalue weighted by Gasteiger charge is -2.24. The van der Waals surface area contributed by atoms with E-state index in [1.165, 1.54) is 28.9 Å². The predicted molar refractivity (Wildman–Crippen MR) is 123 cm³/mol. The molecular weight excluding hydrogens is 451 g/mol. The molecule has 1 aliphatic rings. The molecule has 4 rings (SSSR count). The SMILES string of the molecule is C=CCOC(=O)C1=C(C)N=c2s/c(=C/c3c(F)cccc3Cl)c(=O)n2[C@H]1c1ccccc1. The van der Waals surface area contributed by atoms with Crippen molar-refractivity contribution in [2.24, 2.45) is 4.99 Å². The zero-order valence-electron chi connectivity index (χ0n) is 17.0. The van der Waals surface area contributed by atoms with Crippen LogP contribution in [-0.4, -0.2) is 17.1 Å². The van der Waals surface area contributed by atoms with Gasteiger partial charge in [0, 0.05) is 5.56 Å². The van der Waals surface area contributed by atoms with Crippen molar-refractivity contribution < 1.29 is 13.9 Å². The van der Waals surface area contributed by atoms with Gasteiger partial charge < -0.3 is 4.74 Å². The van der Waals surface area contributed by atoms with Crippen LogP contribution in [0.1, 0.15) is 24.1 Å². The highest BCUT2D eigenvalue weighted by atomic mass is 35.5. The van der Waals surface area contributed by atoms with Gasteiger partial charge >= 0.3 is 5.97 Å². The summed E-state index contributed by atoms with van der Waals surface area (Å²) in [5.74, 6) is -1.11. The number of rotatable bonds is 5. The van der Waals surface area contributed by atoms with Gasteiger partial charge in [0.05, 0.1) is 26.9 Å². The Kier molecular flexibility index (Phi) is 6.21. The molecule has 0 saturated carbocycles. The Labute approximate surface area is 192 Å². The summed E-state index contributed by atoms with van der Waals surface area (Å²) in [5, 5.41) is 0.195. The van der Waals surface area contributed by atoms with E-state index in [9.17, 15) is 14.0 Å². The van der Waals surface area contributed by atoms with E-state index in [0.29, 0.717) is 10.5 Å². The predicted octanol–water partition coefficient (Wildman–Crippen LogP) is 3.76. The molecular formula is C24H18ClFN2O3S. The molecule has 1 aromatic heterocycles. The first-order valence-electron chi connectivity index (χ1n) is 9.72. The van der Waals surface area contributed by atoms with E-state index in [1.807, 2.05) is 30.3 Å². The fourth-order valence-electron chi connectivity index (χ4n) is 3.53. The molecule has 1 aliphatic heterocycles. The number of hydrogen-bond acceptors (Lipinski definition) is 5. The largest absolute Gasteiger partial charge is 0.458 e. The van der Waals surface area contributed by atoms with Crippen molar-refractivity contribution in [1.82, 2.24) is 4.57 Å². The monoisotopic (exact) mass is 468 g/mol. The Bertz CT molecular complexity index is 1400. The second kappa shape index (κ2) is 9.06. The molecule has 2 aromatic carbocycles. The van der Waals surface area contributed by atoms with E-state index in [-0.39, 0.29) is 27.3 Å². The average Bonchev–Trinajstić information content (AvgIpc) is 3.09. The number of nitrogens with zero attached hydrogens (tertiary/aromatic N) is 2. The van der Waals surface area contributed by atoms with Gasteiger partial charge in [-0.15, -0.1) is 0 Å². The summed E-state index contributed by atoms with van der Waals surface area (Å²) in [7, 11) is 0. The Morgan fingerprint density at radius 2 is 2.03 bits per heavy atom. The first kappa shape index (κ1) is 21.9. The van der Waals surface area contributed by atoms with Crippen LogP contribution >= 0.6 is 22.9 Å². The number of allylic oxidation sites excluding steroid dienone is 1. The first-order chi connectivity index (χ1) is 15.4. The number of thiazole rings is 1. The van der Waals surface area contributed by atoms with Crippen LogP contribution in [0.2, 0.25) is 5.02 Å². The molecule has 0 radical (unpaired) electrons. The third-order valence-electron chi connectivity index (χ3n) is 4.96. The van der Waals surface area contributed by atoms with E-state index in [0.717, 1.165) is 16.9 Å². The van der Waals surface area contributed by atoms with Crippen molar-refractivity contribution in [3.63, 3.8) is 0 Å². The number of hydrogen-bond donors (Lipinski definition) is 0. The van der Waals surface area contributed by atoms with Gasteiger partial charge in [-0.1, -0.05) is 72.0 Å². The van der Waals surface area contributed by atoms with Crippen molar-refractivity contribution in [2.75, 3.05) is 6.61 Å². The molecule has 2 heterocycles. The summed E-state index contributed by atoms with van der Waals surface area (Å²) in [5.41, 5.74) is 1.16. The Hall–Kier alpha value is -3.29. The molecule has 0 N–H and O–H groups in total. The molecule has 162 valence electrons. The Morgan fingerprint density at radius 1 is 1.28 bits per heavy atom. The highest BCUT2D eigenvalue weighted by Gasteiger charge is 2.33. The second-order valence-corrected chi connectivity index (χ2v) is 8.43. The van der Waals surface area contributed by atoms with Crippen LogP contribution in [0.25, 0.3) is 6.08 Å². The van der Waals surface area contributed by atoms with E-state index in [4.69, 9.17) is 16.3 Å². The zero-order chi connectivity index (χ0) is 22.8. The number of esters is 1. The summed E-state index contributed by atoms with van der Waals surface area (Å²) in [6.45, 7) is 5.30. The maximum absolute atomic E-state index is 14.3. The van der Waals surface area contributed by atoms with Gasteiger partial charge in [0.15, 0.2) is 4.80 Å². The van der Waals surface area contributed by atoms with Gasteiger partial charge in [0.1, 0.15) is 12.4 Å². The summed E-state index contributed by atoms with van der Waals surface area (Å²) >= 11 is 7.25. The minimum atomic E-state index is -0.733. The Balaban J connectivity index is 1.96. The standard InChI is InChI=1S/C24H18ClFN2O3S/c1-3-12-31-23(30)20-14(2)27-24-28(21(20)15-8-5-4-6-9-15)22(29)19(32-24)13-16-17(25)10-7-11-18(16)26/h3-11,13,21H,1,12H2,2H3/b19-13+/t21-/m0/s1. The van der Waals surface area contributed by atoms with Crippen molar-refractivity contribution in [3.05, 3.63) is 114 Å². The Morgan fingerprint density at radius 3 is 2.72 bits per heavy atom. The number of ether oxygens (including phenoxy) is 1. The first-order valence-corrected chi connectivity index (χ1v) is 10.9. The van der Waals surface area contributed by atoms with Gasteiger partial charge in [-0.05, 0) is 30.7 Å². The molecule has 0 saturated heterocycles. The zero-order valence-corrected chi connectivity index (χ0v) is 18.6. The normalized spacial score (nSPS) is 15.8. The van der Waals surface area contributed by atoms with Crippen molar-refractivity contribution in [2.45, 2.75) is 13.0 Å². The fourth-order valence-corrected chi connectivity index (χ4v) is 4.77.